The van der Waals surface area contributed by atoms with Crippen LogP contribution in [-0.4, -0.2) is 20.8 Å². The van der Waals surface area contributed by atoms with Gasteiger partial charge in [0.25, 0.3) is 5.91 Å². The topological polar surface area (TPSA) is 70.2 Å². The van der Waals surface area contributed by atoms with Gasteiger partial charge in [-0.3, -0.25) is 14.8 Å². The smallest absolute Gasteiger partial charge is 0.273 e. The van der Waals surface area contributed by atoms with Gasteiger partial charge < -0.3 is 15.5 Å². The number of nitrogens with one attached hydrogen (secondary N) is 2. The molecule has 1 atom stereocenters. The molecule has 0 saturated heterocycles. The quantitative estimate of drug-likeness (QED) is 0.742. The maximum absolute atomic E-state index is 13.1. The van der Waals surface area contributed by atoms with Gasteiger partial charge in [0, 0.05) is 53.0 Å². The second kappa shape index (κ2) is 6.66. The molecule has 0 radical (unpaired) electrons. The minimum Gasteiger partial charge on any atom is -0.355 e. The lowest BCUT2D eigenvalue weighted by molar-refractivity contribution is -0.113. The first-order valence-corrected chi connectivity index (χ1v) is 8.99. The molecule has 2 aromatic heterocycles. The summed E-state index contributed by atoms with van der Waals surface area (Å²) >= 11 is 0. The van der Waals surface area contributed by atoms with Crippen molar-refractivity contribution in [2.24, 2.45) is 0 Å². The first-order valence-electron chi connectivity index (χ1n) is 8.99. The lowest BCUT2D eigenvalue weighted by Crippen LogP contribution is -2.28. The molecule has 0 aliphatic carbocycles. The van der Waals surface area contributed by atoms with Crippen LogP contribution in [0.2, 0.25) is 0 Å². The van der Waals surface area contributed by atoms with E-state index in [1.165, 1.54) is 0 Å². The second-order valence-corrected chi connectivity index (χ2v) is 6.56. The van der Waals surface area contributed by atoms with Crippen LogP contribution in [0, 0.1) is 0 Å². The third-order valence-corrected chi connectivity index (χ3v) is 4.86. The summed E-state index contributed by atoms with van der Waals surface area (Å²) in [5, 5.41) is 8.33. The minimum atomic E-state index is -0.185. The van der Waals surface area contributed by atoms with Gasteiger partial charge in [-0.2, -0.15) is 0 Å². The molecule has 6 heteroatoms. The molecule has 5 rings (SSSR count). The van der Waals surface area contributed by atoms with Crippen LogP contribution >= 0.6 is 0 Å². The minimum absolute atomic E-state index is 0.178. The lowest BCUT2D eigenvalue weighted by Gasteiger charge is -2.25. The van der Waals surface area contributed by atoms with Crippen molar-refractivity contribution < 1.29 is 4.79 Å². The number of carbonyl (C=O) groups excluding carboxylic acids is 1. The van der Waals surface area contributed by atoms with E-state index < -0.39 is 0 Å². The second-order valence-electron chi connectivity index (χ2n) is 6.56. The molecule has 2 aliphatic rings. The first kappa shape index (κ1) is 16.3. The van der Waals surface area contributed by atoms with E-state index in [2.05, 4.69) is 20.6 Å². The van der Waals surface area contributed by atoms with E-state index in [9.17, 15) is 4.79 Å². The van der Waals surface area contributed by atoms with Crippen molar-refractivity contribution in [2.75, 3.05) is 5.32 Å². The van der Waals surface area contributed by atoms with Crippen LogP contribution in [0.25, 0.3) is 10.8 Å². The Morgan fingerprint density at radius 1 is 1.04 bits per heavy atom. The average molecular weight is 367 g/mol. The lowest BCUT2D eigenvalue weighted by atomic mass is 10.1. The number of benzene rings is 1. The molecule has 28 heavy (non-hydrogen) atoms. The third-order valence-electron chi connectivity index (χ3n) is 4.86. The van der Waals surface area contributed by atoms with Crippen LogP contribution in [0.1, 0.15) is 11.7 Å². The number of rotatable bonds is 3. The zero-order chi connectivity index (χ0) is 18.9. The van der Waals surface area contributed by atoms with E-state index in [1.54, 1.807) is 24.8 Å². The first-order chi connectivity index (χ1) is 13.8. The van der Waals surface area contributed by atoms with Gasteiger partial charge >= 0.3 is 0 Å². The van der Waals surface area contributed by atoms with Gasteiger partial charge in [0.1, 0.15) is 11.9 Å². The van der Waals surface area contributed by atoms with Gasteiger partial charge in [-0.15, -0.1) is 0 Å². The number of hydrogen-bond donors (Lipinski definition) is 2. The van der Waals surface area contributed by atoms with E-state index in [1.807, 2.05) is 65.7 Å². The molecule has 1 aromatic carbocycles. The van der Waals surface area contributed by atoms with Gasteiger partial charge in [-0.25, -0.2) is 0 Å². The highest BCUT2D eigenvalue weighted by Crippen LogP contribution is 2.34. The highest BCUT2D eigenvalue weighted by Gasteiger charge is 2.34. The Morgan fingerprint density at radius 3 is 2.86 bits per heavy atom. The fourth-order valence-corrected chi connectivity index (χ4v) is 3.55. The molecule has 6 nitrogen and oxygen atoms in total. The van der Waals surface area contributed by atoms with Crippen molar-refractivity contribution >= 4 is 22.4 Å². The normalized spacial score (nSPS) is 17.6. The maximum atomic E-state index is 13.1. The molecule has 2 N–H and O–H groups in total. The van der Waals surface area contributed by atoms with Crippen molar-refractivity contribution in [1.82, 2.24) is 20.2 Å². The number of allylic oxidation sites excluding steroid dienone is 3. The van der Waals surface area contributed by atoms with Crippen LogP contribution in [-0.2, 0) is 4.79 Å². The summed E-state index contributed by atoms with van der Waals surface area (Å²) in [5.74, 6) is -0.185. The molecule has 1 unspecified atom stereocenters. The molecule has 0 fully saturated rings. The Morgan fingerprint density at radius 2 is 1.96 bits per heavy atom. The molecule has 2 aliphatic heterocycles. The van der Waals surface area contributed by atoms with Crippen LogP contribution < -0.4 is 10.6 Å². The molecule has 0 spiro atoms. The Bertz CT molecular complexity index is 1140. The number of pyridine rings is 2. The highest BCUT2D eigenvalue weighted by molar-refractivity contribution is 6.09. The zero-order valence-corrected chi connectivity index (χ0v) is 14.9. The van der Waals surface area contributed by atoms with Gasteiger partial charge in [0.15, 0.2) is 0 Å². The molecule has 0 saturated carbocycles. The zero-order valence-electron chi connectivity index (χ0n) is 14.9. The van der Waals surface area contributed by atoms with E-state index in [0.717, 1.165) is 27.7 Å². The summed E-state index contributed by atoms with van der Waals surface area (Å²) in [4.78, 5) is 23.5. The van der Waals surface area contributed by atoms with Gasteiger partial charge in [0.05, 0.1) is 5.70 Å². The predicted molar refractivity (Wildman–Crippen MR) is 108 cm³/mol. The molecule has 3 aromatic rings. The van der Waals surface area contributed by atoms with Crippen molar-refractivity contribution in [3.05, 3.63) is 103 Å². The molecule has 4 heterocycles. The highest BCUT2D eigenvalue weighted by atomic mass is 16.2. The van der Waals surface area contributed by atoms with Gasteiger partial charge in [0.2, 0.25) is 0 Å². The maximum Gasteiger partial charge on any atom is 0.273 e. The Kier molecular flexibility index (Phi) is 3.87. The average Bonchev–Trinajstić information content (AvgIpc) is 3.15. The SMILES string of the molecule is O=C(Nc1cccc2cnccc12)C1=C2C=CC=CN2C(c2cccnc2)N1. The molecule has 136 valence electrons. The number of amides is 1. The molecule has 0 bridgehead atoms. The van der Waals surface area contributed by atoms with Crippen LogP contribution in [0.4, 0.5) is 5.69 Å². The van der Waals surface area contributed by atoms with Crippen molar-refractivity contribution in [3.63, 3.8) is 0 Å². The Labute approximate surface area is 161 Å². The summed E-state index contributed by atoms with van der Waals surface area (Å²) in [6.45, 7) is 0. The number of aromatic nitrogens is 2. The van der Waals surface area contributed by atoms with E-state index in [0.29, 0.717) is 5.70 Å². The summed E-state index contributed by atoms with van der Waals surface area (Å²) in [6, 6.07) is 11.6. The predicted octanol–water partition coefficient (Wildman–Crippen LogP) is 3.47. The number of fused-ring (bicyclic) bond motifs is 2. The van der Waals surface area contributed by atoms with Crippen molar-refractivity contribution in [1.29, 1.82) is 0 Å². The summed E-state index contributed by atoms with van der Waals surface area (Å²) in [6.07, 6.45) is 14.7. The van der Waals surface area contributed by atoms with Crippen LogP contribution in [0.3, 0.4) is 0 Å². The monoisotopic (exact) mass is 367 g/mol. The van der Waals surface area contributed by atoms with Crippen molar-refractivity contribution in [2.45, 2.75) is 6.17 Å². The largest absolute Gasteiger partial charge is 0.355 e. The van der Waals surface area contributed by atoms with Crippen LogP contribution in [0.5, 0.6) is 0 Å². The number of anilines is 1. The summed E-state index contributed by atoms with van der Waals surface area (Å²) in [7, 11) is 0. The number of carbonyl (C=O) groups is 1. The van der Waals surface area contributed by atoms with Gasteiger partial charge in [-0.1, -0.05) is 24.3 Å². The van der Waals surface area contributed by atoms with Crippen molar-refractivity contribution in [3.8, 4) is 0 Å². The van der Waals surface area contributed by atoms with E-state index >= 15 is 0 Å². The standard InChI is InChI=1S/C22H17N5O/c28-22(25-18-7-3-5-15-13-24-11-9-17(15)18)20-19-8-1-2-12-27(19)21(26-20)16-6-4-10-23-14-16/h1-14,21,26H,(H,25,28). The fourth-order valence-electron chi connectivity index (χ4n) is 3.55. The number of nitrogens with zero attached hydrogens (tertiary/aromatic N) is 3. The molecular formula is C22H17N5O. The number of hydrogen-bond acceptors (Lipinski definition) is 5. The summed E-state index contributed by atoms with van der Waals surface area (Å²) < 4.78 is 0. The van der Waals surface area contributed by atoms with Gasteiger partial charge in [-0.05, 0) is 30.4 Å². The Hall–Kier alpha value is -3.93. The van der Waals surface area contributed by atoms with Crippen LogP contribution in [0.15, 0.2) is 97.0 Å². The fraction of sp³-hybridized carbons (Fsp3) is 0.0455. The van der Waals surface area contributed by atoms with E-state index in [-0.39, 0.29) is 12.1 Å². The third kappa shape index (κ3) is 2.72. The van der Waals surface area contributed by atoms with E-state index in [4.69, 9.17) is 0 Å². The molecular weight excluding hydrogens is 350 g/mol. The Balaban J connectivity index is 1.48. The molecule has 1 amide bonds. The summed E-state index contributed by atoms with van der Waals surface area (Å²) in [5.41, 5.74) is 3.10.